The molecule has 4 heteroatoms. The van der Waals surface area contributed by atoms with Gasteiger partial charge in [-0.1, -0.05) is 37.6 Å². The van der Waals surface area contributed by atoms with E-state index < -0.39 is 5.97 Å². The van der Waals surface area contributed by atoms with Gasteiger partial charge in [0.25, 0.3) is 0 Å². The lowest BCUT2D eigenvalue weighted by atomic mass is 10.2. The van der Waals surface area contributed by atoms with Gasteiger partial charge in [-0.3, -0.25) is 4.79 Å². The van der Waals surface area contributed by atoms with Crippen molar-refractivity contribution in [2.45, 2.75) is 45.4 Å². The van der Waals surface area contributed by atoms with Crippen molar-refractivity contribution in [2.24, 2.45) is 0 Å². The van der Waals surface area contributed by atoms with Crippen LogP contribution in [0.25, 0.3) is 0 Å². The summed E-state index contributed by atoms with van der Waals surface area (Å²) in [6.07, 6.45) is 14.5. The van der Waals surface area contributed by atoms with Crippen molar-refractivity contribution < 1.29 is 9.90 Å². The SMILES string of the molecule is CCCSCC=CCC=CCSCCCCCC(=O)O. The molecule has 0 unspecified atom stereocenters. The van der Waals surface area contributed by atoms with Gasteiger partial charge in [0.15, 0.2) is 0 Å². The molecule has 0 aliphatic heterocycles. The van der Waals surface area contributed by atoms with Crippen LogP contribution in [0.2, 0.25) is 0 Å². The Kier molecular flexibility index (Phi) is 16.4. The van der Waals surface area contributed by atoms with Gasteiger partial charge >= 0.3 is 5.97 Å². The van der Waals surface area contributed by atoms with Gasteiger partial charge in [-0.05, 0) is 37.2 Å². The summed E-state index contributed by atoms with van der Waals surface area (Å²) in [5, 5.41) is 8.50. The standard InChI is InChI=1S/C16H28O2S2/c1-2-12-19-13-8-4-3-5-9-14-20-15-10-6-7-11-16(17)18/h4-5,8-9H,2-3,6-7,10-15H2,1H3,(H,17,18). The van der Waals surface area contributed by atoms with E-state index in [2.05, 4.69) is 31.2 Å². The molecule has 0 aliphatic carbocycles. The van der Waals surface area contributed by atoms with Crippen LogP contribution in [0.15, 0.2) is 24.3 Å². The monoisotopic (exact) mass is 316 g/mol. The number of unbranched alkanes of at least 4 members (excludes halogenated alkanes) is 2. The van der Waals surface area contributed by atoms with Gasteiger partial charge in [0.05, 0.1) is 0 Å². The number of aliphatic carboxylic acids is 1. The number of carbonyl (C=O) groups is 1. The minimum atomic E-state index is -0.679. The summed E-state index contributed by atoms with van der Waals surface area (Å²) in [4.78, 5) is 10.3. The maximum atomic E-state index is 10.3. The molecule has 0 rings (SSSR count). The van der Waals surface area contributed by atoms with Crippen molar-refractivity contribution in [1.82, 2.24) is 0 Å². The summed E-state index contributed by atoms with van der Waals surface area (Å²) in [6.45, 7) is 2.21. The lowest BCUT2D eigenvalue weighted by Gasteiger charge is -1.98. The van der Waals surface area contributed by atoms with E-state index in [1.165, 1.54) is 12.2 Å². The number of carboxylic acid groups (broad SMARTS) is 1. The summed E-state index contributed by atoms with van der Waals surface area (Å²) >= 11 is 3.91. The molecular formula is C16H28O2S2. The molecule has 0 fully saturated rings. The first-order valence-corrected chi connectivity index (χ1v) is 9.75. The highest BCUT2D eigenvalue weighted by Gasteiger charge is 1.95. The van der Waals surface area contributed by atoms with Crippen LogP contribution in [0.5, 0.6) is 0 Å². The molecule has 0 saturated carbocycles. The molecule has 0 atom stereocenters. The molecule has 116 valence electrons. The molecular weight excluding hydrogens is 288 g/mol. The third-order valence-electron chi connectivity index (χ3n) is 2.56. The molecule has 2 nitrogen and oxygen atoms in total. The Hall–Kier alpha value is -0.350. The van der Waals surface area contributed by atoms with Gasteiger partial charge in [-0.2, -0.15) is 23.5 Å². The van der Waals surface area contributed by atoms with Crippen molar-refractivity contribution >= 4 is 29.5 Å². The van der Waals surface area contributed by atoms with E-state index in [0.717, 1.165) is 42.9 Å². The van der Waals surface area contributed by atoms with E-state index >= 15 is 0 Å². The second kappa shape index (κ2) is 16.7. The second-order valence-corrected chi connectivity index (χ2v) is 6.83. The van der Waals surface area contributed by atoms with Crippen molar-refractivity contribution in [2.75, 3.05) is 23.0 Å². The Bertz CT molecular complexity index is 276. The topological polar surface area (TPSA) is 37.3 Å². The zero-order valence-electron chi connectivity index (χ0n) is 12.6. The van der Waals surface area contributed by atoms with Crippen LogP contribution in [0.1, 0.15) is 45.4 Å². The van der Waals surface area contributed by atoms with Crippen LogP contribution in [0.3, 0.4) is 0 Å². The quantitative estimate of drug-likeness (QED) is 0.361. The van der Waals surface area contributed by atoms with E-state index in [1.807, 2.05) is 23.5 Å². The summed E-state index contributed by atoms with van der Waals surface area (Å²) in [7, 11) is 0. The number of hydrogen-bond acceptors (Lipinski definition) is 3. The van der Waals surface area contributed by atoms with E-state index in [1.54, 1.807) is 0 Å². The van der Waals surface area contributed by atoms with E-state index in [4.69, 9.17) is 5.11 Å². The maximum Gasteiger partial charge on any atom is 0.303 e. The molecule has 0 aromatic rings. The van der Waals surface area contributed by atoms with E-state index in [9.17, 15) is 4.79 Å². The van der Waals surface area contributed by atoms with Gasteiger partial charge < -0.3 is 5.11 Å². The summed E-state index contributed by atoms with van der Waals surface area (Å²) < 4.78 is 0. The summed E-state index contributed by atoms with van der Waals surface area (Å²) in [6, 6.07) is 0. The third-order valence-corrected chi connectivity index (χ3v) is 4.69. The van der Waals surface area contributed by atoms with Gasteiger partial charge in [-0.15, -0.1) is 0 Å². The first-order chi connectivity index (χ1) is 9.77. The number of allylic oxidation sites excluding steroid dienone is 2. The Balaban J connectivity index is 3.17. The first-order valence-electron chi connectivity index (χ1n) is 7.44. The molecule has 0 aromatic carbocycles. The lowest BCUT2D eigenvalue weighted by molar-refractivity contribution is -0.137. The highest BCUT2D eigenvalue weighted by molar-refractivity contribution is 7.99. The Morgan fingerprint density at radius 3 is 2.20 bits per heavy atom. The zero-order chi connectivity index (χ0) is 14.9. The lowest BCUT2D eigenvalue weighted by Crippen LogP contribution is -1.93. The first kappa shape index (κ1) is 19.7. The maximum absolute atomic E-state index is 10.3. The molecule has 0 aromatic heterocycles. The molecule has 0 amide bonds. The van der Waals surface area contributed by atoms with Gasteiger partial charge in [-0.25, -0.2) is 0 Å². The van der Waals surface area contributed by atoms with Crippen LogP contribution in [-0.2, 0) is 4.79 Å². The van der Waals surface area contributed by atoms with Gasteiger partial charge in [0, 0.05) is 17.9 Å². The van der Waals surface area contributed by atoms with Crippen molar-refractivity contribution in [3.63, 3.8) is 0 Å². The molecule has 20 heavy (non-hydrogen) atoms. The largest absolute Gasteiger partial charge is 0.481 e. The van der Waals surface area contributed by atoms with Crippen molar-refractivity contribution in [3.05, 3.63) is 24.3 Å². The minimum absolute atomic E-state index is 0.313. The Labute approximate surface area is 132 Å². The van der Waals surface area contributed by atoms with Crippen LogP contribution in [-0.4, -0.2) is 34.1 Å². The predicted molar refractivity (Wildman–Crippen MR) is 93.9 cm³/mol. The van der Waals surface area contributed by atoms with Crippen LogP contribution < -0.4 is 0 Å². The predicted octanol–water partition coefficient (Wildman–Crippen LogP) is 5.01. The summed E-state index contributed by atoms with van der Waals surface area (Å²) in [5.74, 6) is 3.91. The fraction of sp³-hybridized carbons (Fsp3) is 0.688. The molecule has 0 saturated heterocycles. The molecule has 0 bridgehead atoms. The second-order valence-electron chi connectivity index (χ2n) is 4.53. The van der Waals surface area contributed by atoms with Crippen molar-refractivity contribution in [1.29, 1.82) is 0 Å². The molecule has 0 aliphatic rings. The third kappa shape index (κ3) is 17.6. The number of thioether (sulfide) groups is 2. The molecule has 0 radical (unpaired) electrons. The van der Waals surface area contributed by atoms with Crippen LogP contribution in [0, 0.1) is 0 Å². The highest BCUT2D eigenvalue weighted by Crippen LogP contribution is 2.08. The Morgan fingerprint density at radius 1 is 0.950 bits per heavy atom. The number of hydrogen-bond donors (Lipinski definition) is 1. The number of carboxylic acids is 1. The van der Waals surface area contributed by atoms with Crippen LogP contribution >= 0.6 is 23.5 Å². The molecule has 0 spiro atoms. The van der Waals surface area contributed by atoms with Gasteiger partial charge in [0.2, 0.25) is 0 Å². The molecule has 0 heterocycles. The van der Waals surface area contributed by atoms with Crippen LogP contribution in [0.4, 0.5) is 0 Å². The highest BCUT2D eigenvalue weighted by atomic mass is 32.2. The van der Waals surface area contributed by atoms with Crippen molar-refractivity contribution in [3.8, 4) is 0 Å². The van der Waals surface area contributed by atoms with E-state index in [-0.39, 0.29) is 0 Å². The fourth-order valence-electron chi connectivity index (χ4n) is 1.51. The molecule has 1 N–H and O–H groups in total. The minimum Gasteiger partial charge on any atom is -0.481 e. The van der Waals surface area contributed by atoms with E-state index in [0.29, 0.717) is 6.42 Å². The zero-order valence-corrected chi connectivity index (χ0v) is 14.2. The van der Waals surface area contributed by atoms with Gasteiger partial charge in [0.1, 0.15) is 0 Å². The smallest absolute Gasteiger partial charge is 0.303 e. The normalized spacial score (nSPS) is 11.7. The fourth-order valence-corrected chi connectivity index (χ4v) is 3.09. The average Bonchev–Trinajstić information content (AvgIpc) is 2.43. The Morgan fingerprint density at radius 2 is 1.60 bits per heavy atom. The summed E-state index contributed by atoms with van der Waals surface area (Å²) in [5.41, 5.74) is 0. The average molecular weight is 317 g/mol. The number of rotatable bonds is 14.